The van der Waals surface area contributed by atoms with E-state index >= 15 is 0 Å². The Bertz CT molecular complexity index is 631. The molecule has 2 rings (SSSR count). The number of carbonyl (C=O) groups excluding carboxylic acids is 1. The predicted molar refractivity (Wildman–Crippen MR) is 74.8 cm³/mol. The number of anilines is 1. The van der Waals surface area contributed by atoms with Crippen molar-refractivity contribution in [2.75, 3.05) is 12.3 Å². The van der Waals surface area contributed by atoms with Crippen molar-refractivity contribution in [3.05, 3.63) is 17.6 Å². The smallest absolute Gasteiger partial charge is 0.242 e. The van der Waals surface area contributed by atoms with E-state index in [-0.39, 0.29) is 11.9 Å². The first-order chi connectivity index (χ1) is 8.99. The van der Waals surface area contributed by atoms with E-state index in [1.165, 1.54) is 6.33 Å². The first-order valence-electron chi connectivity index (χ1n) is 6.34. The minimum absolute atomic E-state index is 0.0281. The Morgan fingerprint density at radius 1 is 1.47 bits per heavy atom. The zero-order chi connectivity index (χ0) is 14.2. The van der Waals surface area contributed by atoms with E-state index in [1.807, 2.05) is 32.3 Å². The maximum absolute atomic E-state index is 12.0. The Hall–Kier alpha value is -2.11. The fraction of sp³-hybridized carbons (Fsp3) is 0.462. The zero-order valence-corrected chi connectivity index (χ0v) is 11.7. The van der Waals surface area contributed by atoms with Gasteiger partial charge in [-0.25, -0.2) is 9.97 Å². The van der Waals surface area contributed by atoms with Gasteiger partial charge in [-0.2, -0.15) is 0 Å². The van der Waals surface area contributed by atoms with Gasteiger partial charge in [-0.05, 0) is 33.3 Å². The Balaban J connectivity index is 2.64. The van der Waals surface area contributed by atoms with Gasteiger partial charge in [0.2, 0.25) is 5.91 Å². The molecule has 0 aliphatic rings. The molecule has 0 saturated heterocycles. The molecule has 2 heterocycles. The van der Waals surface area contributed by atoms with Crippen LogP contribution in [-0.4, -0.2) is 27.0 Å². The number of aromatic nitrogens is 3. The van der Waals surface area contributed by atoms with E-state index in [0.29, 0.717) is 18.0 Å². The van der Waals surface area contributed by atoms with Crippen molar-refractivity contribution in [2.24, 2.45) is 0 Å². The molecule has 19 heavy (non-hydrogen) atoms. The normalized spacial score (nSPS) is 12.6. The first kappa shape index (κ1) is 13.3. The van der Waals surface area contributed by atoms with E-state index in [0.717, 1.165) is 16.6 Å². The molecule has 0 radical (unpaired) electrons. The van der Waals surface area contributed by atoms with E-state index in [9.17, 15) is 4.79 Å². The zero-order valence-electron chi connectivity index (χ0n) is 11.7. The number of nitrogens with two attached hydrogens (primary N) is 1. The summed E-state index contributed by atoms with van der Waals surface area (Å²) in [5.74, 6) is 0.423. The number of hydrogen-bond donors (Lipinski definition) is 2. The largest absolute Gasteiger partial charge is 0.383 e. The highest BCUT2D eigenvalue weighted by atomic mass is 16.2. The summed E-state index contributed by atoms with van der Waals surface area (Å²) in [4.78, 5) is 20.3. The molecule has 0 aliphatic heterocycles. The molecule has 0 bridgehead atoms. The molecular formula is C13H19N5O. The first-order valence-corrected chi connectivity index (χ1v) is 6.34. The van der Waals surface area contributed by atoms with Gasteiger partial charge in [0.25, 0.3) is 0 Å². The fourth-order valence-electron chi connectivity index (χ4n) is 2.37. The Morgan fingerprint density at radius 3 is 2.79 bits per heavy atom. The molecule has 1 unspecified atom stereocenters. The highest BCUT2D eigenvalue weighted by molar-refractivity contribution is 5.92. The third kappa shape index (κ3) is 2.03. The number of nitrogens with one attached hydrogen (secondary N) is 1. The second-order valence-corrected chi connectivity index (χ2v) is 4.61. The molecule has 0 aliphatic carbocycles. The van der Waals surface area contributed by atoms with Crippen LogP contribution in [0.2, 0.25) is 0 Å². The maximum Gasteiger partial charge on any atom is 0.242 e. The SMILES string of the molecule is CCNC(=O)C(C)n1c(C)c(C)c2c(N)ncnc21. The van der Waals surface area contributed by atoms with Crippen molar-refractivity contribution in [3.63, 3.8) is 0 Å². The van der Waals surface area contributed by atoms with Crippen LogP contribution >= 0.6 is 0 Å². The number of fused-ring (bicyclic) bond motifs is 1. The molecular weight excluding hydrogens is 242 g/mol. The molecule has 2 aromatic heterocycles. The monoisotopic (exact) mass is 261 g/mol. The molecule has 0 saturated carbocycles. The maximum atomic E-state index is 12.0. The van der Waals surface area contributed by atoms with Gasteiger partial charge in [0.05, 0.1) is 5.39 Å². The van der Waals surface area contributed by atoms with Crippen molar-refractivity contribution >= 4 is 22.8 Å². The Morgan fingerprint density at radius 2 is 2.16 bits per heavy atom. The Labute approximate surface area is 112 Å². The number of nitrogens with zero attached hydrogens (tertiary/aromatic N) is 3. The average Bonchev–Trinajstić information content (AvgIpc) is 2.63. The number of rotatable bonds is 3. The Kier molecular flexibility index (Phi) is 3.42. The number of nitrogen functional groups attached to an aromatic ring is 1. The number of likely N-dealkylation sites (N-methyl/N-ethyl adjacent to an activating group) is 1. The standard InChI is InChI=1S/C13H19N5O/c1-5-15-13(19)9(4)18-8(3)7(2)10-11(14)16-6-17-12(10)18/h6,9H,5H2,1-4H3,(H,15,19)(H2,14,16,17). The van der Waals surface area contributed by atoms with E-state index in [2.05, 4.69) is 15.3 Å². The summed E-state index contributed by atoms with van der Waals surface area (Å²) in [6.45, 7) is 8.30. The summed E-state index contributed by atoms with van der Waals surface area (Å²) >= 11 is 0. The highest BCUT2D eigenvalue weighted by Gasteiger charge is 2.22. The molecule has 0 spiro atoms. The van der Waals surface area contributed by atoms with Gasteiger partial charge < -0.3 is 15.6 Å². The van der Waals surface area contributed by atoms with Gasteiger partial charge in [-0.15, -0.1) is 0 Å². The van der Waals surface area contributed by atoms with Crippen LogP contribution in [0, 0.1) is 13.8 Å². The third-order valence-corrected chi connectivity index (χ3v) is 3.48. The van der Waals surface area contributed by atoms with Crippen molar-refractivity contribution < 1.29 is 4.79 Å². The van der Waals surface area contributed by atoms with Crippen LogP contribution < -0.4 is 11.1 Å². The predicted octanol–water partition coefficient (Wildman–Crippen LogP) is 1.33. The lowest BCUT2D eigenvalue weighted by Crippen LogP contribution is -2.31. The third-order valence-electron chi connectivity index (χ3n) is 3.48. The number of hydrogen-bond acceptors (Lipinski definition) is 4. The van der Waals surface area contributed by atoms with Crippen LogP contribution in [0.15, 0.2) is 6.33 Å². The lowest BCUT2D eigenvalue weighted by atomic mass is 10.2. The van der Waals surface area contributed by atoms with Crippen molar-refractivity contribution in [3.8, 4) is 0 Å². The fourth-order valence-corrected chi connectivity index (χ4v) is 2.37. The minimum Gasteiger partial charge on any atom is -0.383 e. The van der Waals surface area contributed by atoms with Crippen LogP contribution in [0.4, 0.5) is 5.82 Å². The van der Waals surface area contributed by atoms with Crippen LogP contribution in [0.3, 0.4) is 0 Å². The van der Waals surface area contributed by atoms with Crippen molar-refractivity contribution in [1.29, 1.82) is 0 Å². The van der Waals surface area contributed by atoms with Gasteiger partial charge >= 0.3 is 0 Å². The van der Waals surface area contributed by atoms with Crippen LogP contribution in [0.25, 0.3) is 11.0 Å². The van der Waals surface area contributed by atoms with Crippen LogP contribution in [0.5, 0.6) is 0 Å². The van der Waals surface area contributed by atoms with Gasteiger partial charge in [0, 0.05) is 12.2 Å². The van der Waals surface area contributed by atoms with Gasteiger partial charge in [0.1, 0.15) is 23.8 Å². The average molecular weight is 261 g/mol. The molecule has 1 atom stereocenters. The quantitative estimate of drug-likeness (QED) is 0.872. The van der Waals surface area contributed by atoms with Gasteiger partial charge in [-0.1, -0.05) is 0 Å². The molecule has 6 heteroatoms. The van der Waals surface area contributed by atoms with E-state index < -0.39 is 0 Å². The van der Waals surface area contributed by atoms with Gasteiger partial charge in [-0.3, -0.25) is 4.79 Å². The number of aryl methyl sites for hydroxylation is 1. The molecule has 3 N–H and O–H groups in total. The van der Waals surface area contributed by atoms with Gasteiger partial charge in [0.15, 0.2) is 0 Å². The molecule has 6 nitrogen and oxygen atoms in total. The molecule has 2 aromatic rings. The summed E-state index contributed by atoms with van der Waals surface area (Å²) in [5, 5.41) is 3.65. The molecule has 1 amide bonds. The van der Waals surface area contributed by atoms with Crippen molar-refractivity contribution in [1.82, 2.24) is 19.9 Å². The van der Waals surface area contributed by atoms with E-state index in [1.54, 1.807) is 0 Å². The summed E-state index contributed by atoms with van der Waals surface area (Å²) in [5.41, 5.74) is 8.62. The lowest BCUT2D eigenvalue weighted by molar-refractivity contribution is -0.123. The molecule has 0 fully saturated rings. The second-order valence-electron chi connectivity index (χ2n) is 4.61. The summed E-state index contributed by atoms with van der Waals surface area (Å²) in [6.07, 6.45) is 1.43. The summed E-state index contributed by atoms with van der Waals surface area (Å²) in [6, 6.07) is -0.328. The highest BCUT2D eigenvalue weighted by Crippen LogP contribution is 2.29. The molecule has 0 aromatic carbocycles. The second kappa shape index (κ2) is 4.87. The number of carbonyl (C=O) groups is 1. The summed E-state index contributed by atoms with van der Waals surface area (Å²) < 4.78 is 1.91. The van der Waals surface area contributed by atoms with Crippen LogP contribution in [0.1, 0.15) is 31.1 Å². The lowest BCUT2D eigenvalue weighted by Gasteiger charge is -2.16. The van der Waals surface area contributed by atoms with Crippen molar-refractivity contribution in [2.45, 2.75) is 33.7 Å². The summed E-state index contributed by atoms with van der Waals surface area (Å²) in [7, 11) is 0. The van der Waals surface area contributed by atoms with Crippen LogP contribution in [-0.2, 0) is 4.79 Å². The molecule has 102 valence electrons. The van der Waals surface area contributed by atoms with E-state index in [4.69, 9.17) is 5.73 Å². The topological polar surface area (TPSA) is 85.8 Å². The number of amides is 1. The minimum atomic E-state index is -0.328.